The number of hydrogen-bond donors (Lipinski definition) is 0. The van der Waals surface area contributed by atoms with Gasteiger partial charge in [0.1, 0.15) is 13.2 Å². The molecule has 0 aromatic rings. The molecule has 0 saturated carbocycles. The van der Waals surface area contributed by atoms with E-state index in [1.807, 2.05) is 0 Å². The largest absolute Gasteiger partial charge is 0.462 e. The van der Waals surface area contributed by atoms with E-state index in [4.69, 9.17) is 14.2 Å². The third-order valence-corrected chi connectivity index (χ3v) is 11.9. The Bertz CT molecular complexity index is 1300. The highest BCUT2D eigenvalue weighted by atomic mass is 16.6. The van der Waals surface area contributed by atoms with Crippen LogP contribution in [0.4, 0.5) is 0 Å². The normalized spacial score (nSPS) is 12.7. The number of esters is 3. The molecule has 1 unspecified atom stereocenters. The molecular weight excluding hydrogens is 829 g/mol. The van der Waals surface area contributed by atoms with Crippen molar-refractivity contribution < 1.29 is 28.6 Å². The van der Waals surface area contributed by atoms with E-state index in [1.54, 1.807) is 0 Å². The van der Waals surface area contributed by atoms with Crippen LogP contribution in [0, 0.1) is 0 Å². The zero-order chi connectivity index (χ0) is 48.6. The van der Waals surface area contributed by atoms with E-state index in [0.29, 0.717) is 19.3 Å². The first kappa shape index (κ1) is 63.6. The van der Waals surface area contributed by atoms with Crippen LogP contribution in [0.15, 0.2) is 85.1 Å². The van der Waals surface area contributed by atoms with Crippen molar-refractivity contribution in [1.82, 2.24) is 0 Å². The molecule has 0 aromatic heterocycles. The Hall–Kier alpha value is -3.41. The summed E-state index contributed by atoms with van der Waals surface area (Å²) in [4.78, 5) is 38.1. The maximum absolute atomic E-state index is 12.8. The number of unbranched alkanes of at least 4 members (excludes halogenated alkanes) is 25. The molecule has 67 heavy (non-hydrogen) atoms. The highest BCUT2D eigenvalue weighted by Gasteiger charge is 2.19. The summed E-state index contributed by atoms with van der Waals surface area (Å²) in [5.74, 6) is -0.922. The zero-order valence-corrected chi connectivity index (χ0v) is 43.9. The van der Waals surface area contributed by atoms with Gasteiger partial charge in [-0.1, -0.05) is 221 Å². The van der Waals surface area contributed by atoms with E-state index < -0.39 is 6.10 Å². The third kappa shape index (κ3) is 53.4. The van der Waals surface area contributed by atoms with Gasteiger partial charge in [0.2, 0.25) is 0 Å². The van der Waals surface area contributed by atoms with Crippen LogP contribution in [-0.2, 0) is 28.6 Å². The van der Waals surface area contributed by atoms with Gasteiger partial charge in [0.05, 0.1) is 0 Å². The van der Waals surface area contributed by atoms with Crippen molar-refractivity contribution >= 4 is 17.9 Å². The molecular formula is C61H104O6. The Morgan fingerprint density at radius 3 is 0.925 bits per heavy atom. The van der Waals surface area contributed by atoms with Gasteiger partial charge in [-0.05, 0) is 109 Å². The molecule has 384 valence electrons. The van der Waals surface area contributed by atoms with E-state index in [2.05, 4.69) is 106 Å². The predicted octanol–water partition coefficient (Wildman–Crippen LogP) is 18.8. The molecule has 0 saturated heterocycles. The Balaban J connectivity index is 4.41. The van der Waals surface area contributed by atoms with Crippen LogP contribution in [0.5, 0.6) is 0 Å². The number of carbonyl (C=O) groups excluding carboxylic acids is 3. The van der Waals surface area contributed by atoms with Crippen molar-refractivity contribution in [3.8, 4) is 0 Å². The van der Waals surface area contributed by atoms with Gasteiger partial charge in [0.25, 0.3) is 0 Å². The minimum absolute atomic E-state index is 0.0900. The highest BCUT2D eigenvalue weighted by molar-refractivity contribution is 5.71. The summed E-state index contributed by atoms with van der Waals surface area (Å²) in [6, 6.07) is 0. The smallest absolute Gasteiger partial charge is 0.306 e. The predicted molar refractivity (Wildman–Crippen MR) is 288 cm³/mol. The number of hydrogen-bond acceptors (Lipinski definition) is 6. The topological polar surface area (TPSA) is 78.9 Å². The molecule has 0 N–H and O–H groups in total. The summed E-state index contributed by atoms with van der Waals surface area (Å²) in [7, 11) is 0. The van der Waals surface area contributed by atoms with E-state index in [9.17, 15) is 14.4 Å². The molecule has 6 heteroatoms. The van der Waals surface area contributed by atoms with Crippen LogP contribution in [0.2, 0.25) is 0 Å². The van der Waals surface area contributed by atoms with Crippen LogP contribution in [0.25, 0.3) is 0 Å². The van der Waals surface area contributed by atoms with Gasteiger partial charge in [-0.3, -0.25) is 14.4 Å². The monoisotopic (exact) mass is 933 g/mol. The summed E-state index contributed by atoms with van der Waals surface area (Å²) in [6.45, 7) is 6.39. The number of allylic oxidation sites excluding steroid dienone is 14. The number of rotatable bonds is 50. The molecule has 0 aliphatic carbocycles. The lowest BCUT2D eigenvalue weighted by molar-refractivity contribution is -0.167. The first-order valence-electron chi connectivity index (χ1n) is 28.1. The standard InChI is InChI=1S/C61H104O6/c1-4-7-10-13-16-19-22-25-28-30-31-32-34-36-39-42-45-48-51-54-60(63)66-57-58(56-65-59(62)53-50-47-44-41-38-35-27-24-21-18-15-12-9-6-3)67-61(64)55-52-49-46-43-40-37-33-29-26-23-20-17-14-11-8-5-2/h7,9-10,12,16,18-19,21,25,27-29,33,35,58H,4-6,8,11,13-15,17,20,22-24,26,30-32,34,36-57H2,1-3H3/b10-7-,12-9-,19-16-,21-18-,28-25-,33-29-,35-27-. The summed E-state index contributed by atoms with van der Waals surface area (Å²) < 4.78 is 16.8. The van der Waals surface area contributed by atoms with Crippen LogP contribution in [-0.4, -0.2) is 37.2 Å². The molecule has 1 atom stereocenters. The quantitative estimate of drug-likeness (QED) is 0.0262. The van der Waals surface area contributed by atoms with Crippen LogP contribution in [0.1, 0.15) is 265 Å². The number of ether oxygens (including phenoxy) is 3. The van der Waals surface area contributed by atoms with Gasteiger partial charge < -0.3 is 14.2 Å². The summed E-state index contributed by atoms with van der Waals surface area (Å²) in [5.41, 5.74) is 0. The maximum Gasteiger partial charge on any atom is 0.306 e. The SMILES string of the molecule is CC/C=C\C/C=C\C/C=C\CCCCCCCCCCCC(=O)OCC(COC(=O)CCCCCC/C=C\C/C=C\C/C=C\CC)OC(=O)CCCCCCC/C=C\CCCCCCCCC. The van der Waals surface area contributed by atoms with Gasteiger partial charge in [0, 0.05) is 19.3 Å². The molecule has 0 fully saturated rings. The van der Waals surface area contributed by atoms with Gasteiger partial charge in [0.15, 0.2) is 6.10 Å². The first-order valence-corrected chi connectivity index (χ1v) is 28.1. The molecule has 6 nitrogen and oxygen atoms in total. The minimum Gasteiger partial charge on any atom is -0.462 e. The first-order chi connectivity index (χ1) is 33.0. The van der Waals surface area contributed by atoms with Crippen LogP contribution in [0.3, 0.4) is 0 Å². The lowest BCUT2D eigenvalue weighted by Crippen LogP contribution is -2.30. The second-order valence-corrected chi connectivity index (χ2v) is 18.4. The second-order valence-electron chi connectivity index (χ2n) is 18.4. The molecule has 0 aliphatic heterocycles. The average molecular weight is 933 g/mol. The van der Waals surface area contributed by atoms with Gasteiger partial charge >= 0.3 is 17.9 Å². The molecule has 0 aliphatic rings. The van der Waals surface area contributed by atoms with Crippen LogP contribution >= 0.6 is 0 Å². The van der Waals surface area contributed by atoms with E-state index >= 15 is 0 Å². The molecule has 0 rings (SSSR count). The molecule has 0 spiro atoms. The fraction of sp³-hybridized carbons (Fsp3) is 0.721. The highest BCUT2D eigenvalue weighted by Crippen LogP contribution is 2.15. The van der Waals surface area contributed by atoms with Crippen molar-refractivity contribution in [2.24, 2.45) is 0 Å². The molecule has 0 aromatic carbocycles. The number of carbonyl (C=O) groups is 3. The Morgan fingerprint density at radius 1 is 0.313 bits per heavy atom. The maximum atomic E-state index is 12.8. The molecule has 0 heterocycles. The average Bonchev–Trinajstić information content (AvgIpc) is 3.33. The molecule has 0 radical (unpaired) electrons. The van der Waals surface area contributed by atoms with Crippen molar-refractivity contribution in [1.29, 1.82) is 0 Å². The fourth-order valence-electron chi connectivity index (χ4n) is 7.70. The zero-order valence-electron chi connectivity index (χ0n) is 43.9. The van der Waals surface area contributed by atoms with E-state index in [-0.39, 0.29) is 31.1 Å². The Morgan fingerprint density at radius 2 is 0.582 bits per heavy atom. The van der Waals surface area contributed by atoms with Crippen molar-refractivity contribution in [3.05, 3.63) is 85.1 Å². The van der Waals surface area contributed by atoms with Gasteiger partial charge in [-0.2, -0.15) is 0 Å². The van der Waals surface area contributed by atoms with Crippen molar-refractivity contribution in [2.75, 3.05) is 13.2 Å². The van der Waals surface area contributed by atoms with Crippen molar-refractivity contribution in [2.45, 2.75) is 271 Å². The third-order valence-electron chi connectivity index (χ3n) is 11.9. The Labute approximate surface area is 414 Å². The van der Waals surface area contributed by atoms with Gasteiger partial charge in [-0.15, -0.1) is 0 Å². The summed E-state index contributed by atoms with van der Waals surface area (Å²) in [6.07, 6.45) is 71.4. The van der Waals surface area contributed by atoms with Crippen molar-refractivity contribution in [3.63, 3.8) is 0 Å². The summed E-state index contributed by atoms with van der Waals surface area (Å²) in [5, 5.41) is 0. The lowest BCUT2D eigenvalue weighted by atomic mass is 10.1. The van der Waals surface area contributed by atoms with E-state index in [1.165, 1.54) is 103 Å². The van der Waals surface area contributed by atoms with E-state index in [0.717, 1.165) is 122 Å². The second kappa shape index (κ2) is 55.2. The lowest BCUT2D eigenvalue weighted by Gasteiger charge is -2.18. The fourth-order valence-corrected chi connectivity index (χ4v) is 7.70. The molecule has 0 bridgehead atoms. The van der Waals surface area contributed by atoms with Gasteiger partial charge in [-0.25, -0.2) is 0 Å². The van der Waals surface area contributed by atoms with Crippen LogP contribution < -0.4 is 0 Å². The summed E-state index contributed by atoms with van der Waals surface area (Å²) >= 11 is 0. The minimum atomic E-state index is -0.793. The Kier molecular flexibility index (Phi) is 52.4. The molecule has 0 amide bonds.